The number of anilines is 1. The van der Waals surface area contributed by atoms with Gasteiger partial charge >= 0.3 is 5.97 Å². The van der Waals surface area contributed by atoms with Gasteiger partial charge in [0.05, 0.1) is 17.2 Å². The summed E-state index contributed by atoms with van der Waals surface area (Å²) in [7, 11) is 0. The topological polar surface area (TPSA) is 73.1 Å². The fraction of sp³-hybridized carbons (Fsp3) is 0.500. The Hall–Kier alpha value is -1.67. The van der Waals surface area contributed by atoms with Crippen molar-refractivity contribution in [3.63, 3.8) is 0 Å². The van der Waals surface area contributed by atoms with E-state index < -0.39 is 5.97 Å². The maximum atomic E-state index is 11.3. The lowest BCUT2D eigenvalue weighted by Gasteiger charge is -2.29. The van der Waals surface area contributed by atoms with Crippen LogP contribution in [0.1, 0.15) is 31.2 Å². The van der Waals surface area contributed by atoms with Crippen LogP contribution in [0.25, 0.3) is 0 Å². The summed E-state index contributed by atoms with van der Waals surface area (Å²) in [6.45, 7) is 0.615. The van der Waals surface area contributed by atoms with Gasteiger partial charge in [0.2, 0.25) is 0 Å². The van der Waals surface area contributed by atoms with Crippen LogP contribution in [0.2, 0.25) is 0 Å². The molecule has 1 aliphatic carbocycles. The molecule has 1 aromatic rings. The number of benzene rings is 1. The summed E-state index contributed by atoms with van der Waals surface area (Å²) >= 11 is 1.54. The normalized spacial score (nSPS) is 21.5. The quantitative estimate of drug-likeness (QED) is 0.813. The molecule has 1 saturated carbocycles. The summed E-state index contributed by atoms with van der Waals surface area (Å²) in [5.74, 6) is -0.818. The molecule has 0 saturated heterocycles. The number of nitrogens with one attached hydrogen (secondary N) is 1. The molecule has 1 aromatic carbocycles. The van der Waals surface area contributed by atoms with E-state index in [1.165, 1.54) is 0 Å². The van der Waals surface area contributed by atoms with Crippen molar-refractivity contribution in [2.45, 2.75) is 30.6 Å². The average Bonchev–Trinajstić information content (AvgIpc) is 2.52. The van der Waals surface area contributed by atoms with Gasteiger partial charge in [0.25, 0.3) is 0 Å². The summed E-state index contributed by atoms with van der Waals surface area (Å²) in [6, 6.07) is 7.97. The molecule has 21 heavy (non-hydrogen) atoms. The molecular weight excluding hydrogens is 284 g/mol. The molecule has 5 heteroatoms. The zero-order valence-electron chi connectivity index (χ0n) is 12.1. The predicted octanol–water partition coefficient (Wildman–Crippen LogP) is 3.58. The van der Waals surface area contributed by atoms with E-state index in [1.54, 1.807) is 11.8 Å². The van der Waals surface area contributed by atoms with E-state index in [4.69, 9.17) is 0 Å². The molecule has 0 amide bonds. The van der Waals surface area contributed by atoms with E-state index in [2.05, 4.69) is 11.4 Å². The summed E-state index contributed by atoms with van der Waals surface area (Å²) < 4.78 is 0. The minimum atomic E-state index is -0.695. The summed E-state index contributed by atoms with van der Waals surface area (Å²) in [5.41, 5.74) is 1.45. The van der Waals surface area contributed by atoms with Crippen molar-refractivity contribution in [3.05, 3.63) is 23.8 Å². The van der Waals surface area contributed by atoms with Crippen molar-refractivity contribution in [2.75, 3.05) is 18.1 Å². The van der Waals surface area contributed by atoms with E-state index >= 15 is 0 Å². The van der Waals surface area contributed by atoms with Gasteiger partial charge in [-0.25, -0.2) is 0 Å². The van der Waals surface area contributed by atoms with Gasteiger partial charge < -0.3 is 10.4 Å². The van der Waals surface area contributed by atoms with Crippen LogP contribution in [-0.4, -0.2) is 23.9 Å². The van der Waals surface area contributed by atoms with Crippen LogP contribution in [0.15, 0.2) is 23.1 Å². The molecule has 1 aliphatic rings. The molecule has 0 spiro atoms. The zero-order valence-corrected chi connectivity index (χ0v) is 12.9. The number of hydrogen-bond donors (Lipinski definition) is 2. The molecule has 4 nitrogen and oxygen atoms in total. The number of hydrogen-bond acceptors (Lipinski definition) is 4. The van der Waals surface area contributed by atoms with Gasteiger partial charge in [-0.2, -0.15) is 5.26 Å². The first-order valence-corrected chi connectivity index (χ1v) is 8.43. The van der Waals surface area contributed by atoms with Crippen LogP contribution >= 0.6 is 11.8 Å². The SMILES string of the molecule is CSc1cccc(NCC2CCCCC2C(=O)O)c1C#N. The summed E-state index contributed by atoms with van der Waals surface area (Å²) in [6.07, 6.45) is 5.73. The number of rotatable bonds is 5. The maximum absolute atomic E-state index is 11.3. The summed E-state index contributed by atoms with van der Waals surface area (Å²) in [4.78, 5) is 12.3. The predicted molar refractivity (Wildman–Crippen MR) is 84.5 cm³/mol. The molecule has 0 heterocycles. The van der Waals surface area contributed by atoms with Gasteiger partial charge in [0, 0.05) is 11.4 Å². The molecule has 0 aromatic heterocycles. The molecule has 1 fully saturated rings. The van der Waals surface area contributed by atoms with Crippen LogP contribution in [0, 0.1) is 23.2 Å². The first kappa shape index (κ1) is 15.7. The van der Waals surface area contributed by atoms with E-state index in [9.17, 15) is 15.2 Å². The monoisotopic (exact) mass is 304 g/mol. The average molecular weight is 304 g/mol. The Bertz CT molecular complexity index is 554. The second kappa shape index (κ2) is 7.37. The van der Waals surface area contributed by atoms with Crippen LogP contribution in [-0.2, 0) is 4.79 Å². The lowest BCUT2D eigenvalue weighted by atomic mass is 9.79. The fourth-order valence-electron chi connectivity index (χ4n) is 2.98. The molecule has 2 rings (SSSR count). The van der Waals surface area contributed by atoms with Crippen molar-refractivity contribution in [1.29, 1.82) is 5.26 Å². The van der Waals surface area contributed by atoms with Gasteiger partial charge in [0.15, 0.2) is 0 Å². The second-order valence-electron chi connectivity index (χ2n) is 5.36. The summed E-state index contributed by atoms with van der Waals surface area (Å²) in [5, 5.41) is 21.9. The maximum Gasteiger partial charge on any atom is 0.306 e. The smallest absolute Gasteiger partial charge is 0.306 e. The van der Waals surface area contributed by atoms with Crippen LogP contribution in [0.5, 0.6) is 0 Å². The lowest BCUT2D eigenvalue weighted by molar-refractivity contribution is -0.144. The van der Waals surface area contributed by atoms with E-state index in [-0.39, 0.29) is 11.8 Å². The zero-order chi connectivity index (χ0) is 15.2. The Balaban J connectivity index is 2.09. The molecule has 0 radical (unpaired) electrons. The number of carbonyl (C=O) groups is 1. The number of carboxylic acids is 1. The van der Waals surface area contributed by atoms with Crippen molar-refractivity contribution < 1.29 is 9.90 Å². The second-order valence-corrected chi connectivity index (χ2v) is 6.21. The minimum Gasteiger partial charge on any atom is -0.481 e. The number of nitrogens with zero attached hydrogens (tertiary/aromatic N) is 1. The van der Waals surface area contributed by atoms with Crippen molar-refractivity contribution >= 4 is 23.4 Å². The molecule has 0 aliphatic heterocycles. The molecule has 0 bridgehead atoms. The van der Waals surface area contributed by atoms with Gasteiger partial charge in [-0.3, -0.25) is 4.79 Å². The highest BCUT2D eigenvalue weighted by atomic mass is 32.2. The van der Waals surface area contributed by atoms with Crippen molar-refractivity contribution in [1.82, 2.24) is 0 Å². The van der Waals surface area contributed by atoms with E-state index in [0.717, 1.165) is 36.3 Å². The first-order chi connectivity index (χ1) is 10.2. The third-order valence-electron chi connectivity index (χ3n) is 4.14. The lowest BCUT2D eigenvalue weighted by Crippen LogP contribution is -2.31. The Labute approximate surface area is 129 Å². The Kier molecular flexibility index (Phi) is 5.51. The Morgan fingerprint density at radius 3 is 2.90 bits per heavy atom. The van der Waals surface area contributed by atoms with E-state index in [0.29, 0.717) is 12.1 Å². The third kappa shape index (κ3) is 3.70. The van der Waals surface area contributed by atoms with Gasteiger partial charge in [0.1, 0.15) is 6.07 Å². The number of carboxylic acid groups (broad SMARTS) is 1. The standard InChI is InChI=1S/C16H20N2O2S/c1-21-15-8-4-7-14(13(15)9-17)18-10-11-5-2-3-6-12(11)16(19)20/h4,7-8,11-12,18H,2-3,5-6,10H2,1H3,(H,19,20). The largest absolute Gasteiger partial charge is 0.481 e. The first-order valence-electron chi connectivity index (χ1n) is 7.21. The number of nitriles is 1. The van der Waals surface area contributed by atoms with Crippen molar-refractivity contribution in [3.8, 4) is 6.07 Å². The Morgan fingerprint density at radius 1 is 1.48 bits per heavy atom. The van der Waals surface area contributed by atoms with Gasteiger partial charge in [-0.05, 0) is 37.1 Å². The minimum absolute atomic E-state index is 0.140. The molecule has 2 atom stereocenters. The molecule has 2 unspecified atom stereocenters. The Morgan fingerprint density at radius 2 is 2.24 bits per heavy atom. The highest BCUT2D eigenvalue weighted by molar-refractivity contribution is 7.98. The van der Waals surface area contributed by atoms with Crippen LogP contribution < -0.4 is 5.32 Å². The van der Waals surface area contributed by atoms with Crippen LogP contribution in [0.3, 0.4) is 0 Å². The number of thioether (sulfide) groups is 1. The fourth-order valence-corrected chi connectivity index (χ4v) is 3.56. The van der Waals surface area contributed by atoms with Crippen molar-refractivity contribution in [2.24, 2.45) is 11.8 Å². The van der Waals surface area contributed by atoms with Crippen LogP contribution in [0.4, 0.5) is 5.69 Å². The number of aliphatic carboxylic acids is 1. The third-order valence-corrected chi connectivity index (χ3v) is 4.92. The molecular formula is C16H20N2O2S. The van der Waals surface area contributed by atoms with Gasteiger partial charge in [-0.15, -0.1) is 11.8 Å². The molecule has 2 N–H and O–H groups in total. The van der Waals surface area contributed by atoms with E-state index in [1.807, 2.05) is 24.5 Å². The highest BCUT2D eigenvalue weighted by Crippen LogP contribution is 2.32. The highest BCUT2D eigenvalue weighted by Gasteiger charge is 2.30. The molecule has 112 valence electrons. The van der Waals surface area contributed by atoms with Gasteiger partial charge in [-0.1, -0.05) is 18.9 Å².